The first-order valence-electron chi connectivity index (χ1n) is 5.95. The number of hydrogen-bond donors (Lipinski definition) is 0. The number of hydrogen-bond acceptors (Lipinski definition) is 4. The van der Waals surface area contributed by atoms with Crippen LogP contribution in [-0.4, -0.2) is 17.3 Å². The molecule has 0 spiro atoms. The zero-order valence-corrected chi connectivity index (χ0v) is 12.2. The first-order valence-corrected chi connectivity index (χ1v) is 8.18. The maximum Gasteiger partial charge on any atom is 0.163 e. The first-order chi connectivity index (χ1) is 9.26. The van der Waals surface area contributed by atoms with Crippen LogP contribution in [0.3, 0.4) is 0 Å². The molecule has 2 unspecified atom stereocenters. The lowest BCUT2D eigenvalue weighted by molar-refractivity contribution is -0.115. The van der Waals surface area contributed by atoms with Crippen molar-refractivity contribution in [3.8, 4) is 6.07 Å². The Hall–Kier alpha value is -1.31. The molecule has 2 rings (SSSR count). The summed E-state index contributed by atoms with van der Waals surface area (Å²) in [6.45, 7) is 0. The average molecular weight is 288 g/mol. The van der Waals surface area contributed by atoms with Crippen molar-refractivity contribution in [2.24, 2.45) is 0 Å². The molecule has 0 N–H and O–H groups in total. The molecule has 0 aromatic carbocycles. The Kier molecular flexibility index (Phi) is 5.00. The van der Waals surface area contributed by atoms with E-state index in [1.54, 1.807) is 23.1 Å². The maximum atomic E-state index is 12.1. The summed E-state index contributed by atoms with van der Waals surface area (Å²) in [6, 6.07) is 4.31. The quantitative estimate of drug-likeness (QED) is 0.800. The summed E-state index contributed by atoms with van der Waals surface area (Å²) in [5.41, 5.74) is 1.75. The Bertz CT molecular complexity index is 537. The molecule has 4 heteroatoms. The number of Topliss-reactive ketones (excluding diaryl/α,β-unsaturated/α-hetero) is 1. The molecule has 1 aromatic heterocycles. The highest BCUT2D eigenvalue weighted by molar-refractivity contribution is 7.99. The van der Waals surface area contributed by atoms with Crippen LogP contribution in [0.5, 0.6) is 0 Å². The normalized spacial score (nSPS) is 16.7. The molecule has 1 aliphatic rings. The summed E-state index contributed by atoms with van der Waals surface area (Å²) in [5, 5.41) is 13.3. The fourth-order valence-electron chi connectivity index (χ4n) is 2.02. The Morgan fingerprint density at radius 1 is 1.58 bits per heavy atom. The van der Waals surface area contributed by atoms with E-state index >= 15 is 0 Å². The number of ketones is 1. The second-order valence-corrected chi connectivity index (χ2v) is 6.10. The summed E-state index contributed by atoms with van der Waals surface area (Å²) in [4.78, 5) is 12.1. The van der Waals surface area contributed by atoms with E-state index in [4.69, 9.17) is 0 Å². The van der Waals surface area contributed by atoms with E-state index in [-0.39, 0.29) is 17.0 Å². The lowest BCUT2D eigenvalue weighted by Gasteiger charge is -2.18. The summed E-state index contributed by atoms with van der Waals surface area (Å²) in [5.74, 6) is -0.111. The highest BCUT2D eigenvalue weighted by Crippen LogP contribution is 2.31. The van der Waals surface area contributed by atoms with Gasteiger partial charge in [-0.05, 0) is 28.6 Å². The van der Waals surface area contributed by atoms with Gasteiger partial charge in [0, 0.05) is 23.7 Å². The van der Waals surface area contributed by atoms with E-state index < -0.39 is 0 Å². The molecule has 0 amide bonds. The van der Waals surface area contributed by atoms with E-state index in [1.807, 2.05) is 47.7 Å². The van der Waals surface area contributed by atoms with Crippen molar-refractivity contribution in [3.05, 3.63) is 52.6 Å². The maximum absolute atomic E-state index is 12.1. The fourth-order valence-corrected chi connectivity index (χ4v) is 3.53. The molecule has 1 aliphatic carbocycles. The Balaban J connectivity index is 2.09. The Labute approximate surface area is 121 Å². The van der Waals surface area contributed by atoms with Gasteiger partial charge < -0.3 is 0 Å². The van der Waals surface area contributed by atoms with E-state index in [0.717, 1.165) is 11.1 Å². The molecular formula is C15H14NOS2. The standard InChI is InChI=1S/C15H14NOS2/c1-18-15(8-14(17)11-4-2-3-5-11)13(9-16)12-6-7-19-10-12/h2-7,10,13,15H,8H2,1H3. The number of thioether (sulfide) groups is 1. The molecule has 0 aliphatic heterocycles. The van der Waals surface area contributed by atoms with Crippen LogP contribution in [0.4, 0.5) is 0 Å². The van der Waals surface area contributed by atoms with Gasteiger partial charge in [0.05, 0.1) is 12.0 Å². The van der Waals surface area contributed by atoms with Crippen LogP contribution in [-0.2, 0) is 4.79 Å². The molecule has 1 heterocycles. The Morgan fingerprint density at radius 3 is 2.95 bits per heavy atom. The summed E-state index contributed by atoms with van der Waals surface area (Å²) >= 11 is 3.17. The molecule has 19 heavy (non-hydrogen) atoms. The minimum atomic E-state index is -0.222. The molecular weight excluding hydrogens is 274 g/mol. The second-order valence-electron chi connectivity index (χ2n) is 4.24. The van der Waals surface area contributed by atoms with E-state index in [1.165, 1.54) is 0 Å². The third-order valence-electron chi connectivity index (χ3n) is 3.09. The molecule has 2 atom stereocenters. The van der Waals surface area contributed by atoms with Gasteiger partial charge in [-0.15, -0.1) is 0 Å². The van der Waals surface area contributed by atoms with Gasteiger partial charge in [0.15, 0.2) is 5.78 Å². The third kappa shape index (κ3) is 3.37. The highest BCUT2D eigenvalue weighted by atomic mass is 32.2. The molecule has 0 saturated heterocycles. The number of thiophene rings is 1. The van der Waals surface area contributed by atoms with Crippen molar-refractivity contribution in [1.82, 2.24) is 0 Å². The van der Waals surface area contributed by atoms with Crippen molar-refractivity contribution >= 4 is 28.9 Å². The highest BCUT2D eigenvalue weighted by Gasteiger charge is 2.26. The van der Waals surface area contributed by atoms with Crippen molar-refractivity contribution in [1.29, 1.82) is 5.26 Å². The molecule has 1 aromatic rings. The third-order valence-corrected chi connectivity index (χ3v) is 4.83. The number of carbonyl (C=O) groups excluding carboxylic acids is 1. The molecule has 0 saturated carbocycles. The van der Waals surface area contributed by atoms with Crippen molar-refractivity contribution in [2.45, 2.75) is 17.6 Å². The predicted octanol–water partition coefficient (Wildman–Crippen LogP) is 3.75. The lowest BCUT2D eigenvalue weighted by Crippen LogP contribution is -2.18. The average Bonchev–Trinajstić information content (AvgIpc) is 3.11. The topological polar surface area (TPSA) is 40.9 Å². The minimum Gasteiger partial charge on any atom is -0.294 e. The van der Waals surface area contributed by atoms with Crippen molar-refractivity contribution < 1.29 is 4.79 Å². The van der Waals surface area contributed by atoms with E-state index in [2.05, 4.69) is 6.07 Å². The monoisotopic (exact) mass is 288 g/mol. The SMILES string of the molecule is CSC(CC(=O)C1=C[CH]C=C1)C(C#N)c1ccsc1. The first kappa shape index (κ1) is 14.1. The van der Waals surface area contributed by atoms with Crippen LogP contribution in [0.25, 0.3) is 0 Å². The van der Waals surface area contributed by atoms with Crippen LogP contribution in [0, 0.1) is 17.8 Å². The van der Waals surface area contributed by atoms with Crippen LogP contribution >= 0.6 is 23.1 Å². The predicted molar refractivity (Wildman–Crippen MR) is 81.1 cm³/mol. The summed E-state index contributed by atoms with van der Waals surface area (Å²) < 4.78 is 0. The van der Waals surface area contributed by atoms with Gasteiger partial charge in [-0.3, -0.25) is 4.79 Å². The van der Waals surface area contributed by atoms with Gasteiger partial charge in [-0.25, -0.2) is 0 Å². The van der Waals surface area contributed by atoms with Gasteiger partial charge in [0.1, 0.15) is 0 Å². The fraction of sp³-hybridized carbons (Fsp3) is 0.267. The van der Waals surface area contributed by atoms with Crippen LogP contribution in [0.1, 0.15) is 17.9 Å². The van der Waals surface area contributed by atoms with Gasteiger partial charge in [0.2, 0.25) is 0 Å². The summed E-state index contributed by atoms with van der Waals surface area (Å²) in [6.07, 6.45) is 9.74. The molecule has 97 valence electrons. The Morgan fingerprint density at radius 2 is 2.42 bits per heavy atom. The lowest BCUT2D eigenvalue weighted by atomic mass is 9.94. The van der Waals surface area contributed by atoms with Crippen LogP contribution in [0.15, 0.2) is 40.6 Å². The van der Waals surface area contributed by atoms with Crippen molar-refractivity contribution in [3.63, 3.8) is 0 Å². The van der Waals surface area contributed by atoms with Gasteiger partial charge in [-0.2, -0.15) is 28.4 Å². The van der Waals surface area contributed by atoms with Gasteiger partial charge in [-0.1, -0.05) is 18.2 Å². The van der Waals surface area contributed by atoms with Crippen LogP contribution < -0.4 is 0 Å². The smallest absolute Gasteiger partial charge is 0.163 e. The summed E-state index contributed by atoms with van der Waals surface area (Å²) in [7, 11) is 0. The van der Waals surface area contributed by atoms with E-state index in [0.29, 0.717) is 6.42 Å². The molecule has 0 bridgehead atoms. The number of nitrogens with zero attached hydrogens (tertiary/aromatic N) is 1. The molecule has 1 radical (unpaired) electrons. The largest absolute Gasteiger partial charge is 0.294 e. The van der Waals surface area contributed by atoms with Crippen molar-refractivity contribution in [2.75, 3.05) is 6.26 Å². The number of allylic oxidation sites excluding steroid dienone is 4. The van der Waals surface area contributed by atoms with Gasteiger partial charge in [0.25, 0.3) is 0 Å². The zero-order chi connectivity index (χ0) is 13.7. The second kappa shape index (κ2) is 6.74. The zero-order valence-electron chi connectivity index (χ0n) is 10.6. The van der Waals surface area contributed by atoms with Gasteiger partial charge >= 0.3 is 0 Å². The molecule has 2 nitrogen and oxygen atoms in total. The number of carbonyl (C=O) groups is 1. The van der Waals surface area contributed by atoms with Crippen LogP contribution in [0.2, 0.25) is 0 Å². The number of nitriles is 1. The number of rotatable bonds is 6. The van der Waals surface area contributed by atoms with E-state index in [9.17, 15) is 10.1 Å². The molecule has 0 fully saturated rings. The minimum absolute atomic E-state index is 0.00185.